The Labute approximate surface area is 212 Å². The van der Waals surface area contributed by atoms with Gasteiger partial charge < -0.3 is 31.3 Å². The Bertz CT molecular complexity index is 737. The van der Waals surface area contributed by atoms with Gasteiger partial charge in [-0.05, 0) is 71.8 Å². The first-order valence-electron chi connectivity index (χ1n) is 14.0. The third kappa shape index (κ3) is 9.66. The van der Waals surface area contributed by atoms with Crippen molar-refractivity contribution in [2.45, 2.75) is 139 Å². The Hall–Kier alpha value is -1.17. The van der Waals surface area contributed by atoms with E-state index in [1.807, 2.05) is 0 Å². The zero-order valence-electron chi connectivity index (χ0n) is 22.0. The molecule has 0 saturated carbocycles. The largest absolute Gasteiger partial charge is 0.481 e. The fourth-order valence-corrected chi connectivity index (χ4v) is 6.13. The molecule has 0 aromatic heterocycles. The number of nitrogens with one attached hydrogen (secondary N) is 3. The molecule has 0 aromatic rings. The van der Waals surface area contributed by atoms with Gasteiger partial charge in [0.1, 0.15) is 0 Å². The Morgan fingerprint density at radius 2 is 1.91 bits per heavy atom. The van der Waals surface area contributed by atoms with Crippen molar-refractivity contribution < 1.29 is 20.1 Å². The van der Waals surface area contributed by atoms with Crippen LogP contribution in [0.4, 0.5) is 0 Å². The number of rotatable bonds is 7. The number of piperidine rings is 2. The maximum Gasteiger partial charge on any atom is 0.306 e. The fraction of sp³-hybridized carbons (Fsp3) is 0.893. The number of fused-ring (bicyclic) bond motifs is 2. The van der Waals surface area contributed by atoms with Gasteiger partial charge in [-0.2, -0.15) is 0 Å². The zero-order chi connectivity index (χ0) is 25.3. The molecule has 6 N–H and O–H groups in total. The van der Waals surface area contributed by atoms with E-state index in [0.717, 1.165) is 77.2 Å². The Morgan fingerprint density at radius 1 is 1.11 bits per heavy atom. The van der Waals surface area contributed by atoms with Gasteiger partial charge in [0.05, 0.1) is 18.1 Å². The topological polar surface area (TPSA) is 114 Å². The molecular weight excluding hydrogens is 442 g/mol. The van der Waals surface area contributed by atoms with Crippen molar-refractivity contribution in [3.05, 3.63) is 0 Å². The summed E-state index contributed by atoms with van der Waals surface area (Å²) in [4.78, 5) is 11.5. The van der Waals surface area contributed by atoms with E-state index in [0.29, 0.717) is 31.0 Å². The van der Waals surface area contributed by atoms with E-state index < -0.39 is 11.6 Å². The summed E-state index contributed by atoms with van der Waals surface area (Å²) in [5.74, 6) is 6.49. The van der Waals surface area contributed by atoms with Gasteiger partial charge in [-0.25, -0.2) is 0 Å². The molecule has 0 aromatic carbocycles. The number of aliphatic carboxylic acids is 1. The summed E-state index contributed by atoms with van der Waals surface area (Å²) in [7, 11) is 0. The van der Waals surface area contributed by atoms with Crippen LogP contribution in [0.25, 0.3) is 0 Å². The van der Waals surface area contributed by atoms with Crippen LogP contribution >= 0.6 is 0 Å². The summed E-state index contributed by atoms with van der Waals surface area (Å²) >= 11 is 0. The number of unbranched alkanes of at least 4 members (excludes halogenated alkanes) is 1. The van der Waals surface area contributed by atoms with E-state index in [9.17, 15) is 20.1 Å². The maximum absolute atomic E-state index is 11.5. The van der Waals surface area contributed by atoms with Crippen LogP contribution in [-0.2, 0) is 4.79 Å². The minimum Gasteiger partial charge on any atom is -0.481 e. The molecule has 0 amide bonds. The molecule has 3 aliphatic rings. The highest BCUT2D eigenvalue weighted by molar-refractivity contribution is 5.68. The highest BCUT2D eigenvalue weighted by atomic mass is 16.4. The Balaban J connectivity index is 1.55. The first kappa shape index (κ1) is 28.4. The van der Waals surface area contributed by atoms with E-state index in [2.05, 4.69) is 41.6 Å². The second-order valence-electron chi connectivity index (χ2n) is 11.9. The van der Waals surface area contributed by atoms with Gasteiger partial charge in [0.2, 0.25) is 0 Å². The number of carboxylic acids is 1. The molecule has 7 heteroatoms. The van der Waals surface area contributed by atoms with Crippen LogP contribution < -0.4 is 16.0 Å². The molecule has 7 nitrogen and oxygen atoms in total. The van der Waals surface area contributed by atoms with Gasteiger partial charge >= 0.3 is 5.97 Å². The molecule has 0 radical (unpaired) electrons. The number of carbonyl (C=O) groups is 1. The van der Waals surface area contributed by atoms with Gasteiger partial charge in [0, 0.05) is 42.5 Å². The van der Waals surface area contributed by atoms with Crippen LogP contribution in [-0.4, -0.2) is 69.7 Å². The molecule has 7 atom stereocenters. The van der Waals surface area contributed by atoms with Gasteiger partial charge in [-0.1, -0.05) is 31.6 Å². The average molecular weight is 492 g/mol. The van der Waals surface area contributed by atoms with Gasteiger partial charge in [-0.15, -0.1) is 5.92 Å². The molecular formula is C28H49N3O4. The average Bonchev–Trinajstić information content (AvgIpc) is 2.79. The number of β-amino-alcohol motifs (C(OH)–C–C–N with tert-alkyl or cyclic N) is 1. The SMILES string of the molecule is CC1NC(CCCCC2C#CCC3CC(C)(CCN3)NCC(O)(CC(=O)O)CCCC2)CCC1O. The summed E-state index contributed by atoms with van der Waals surface area (Å²) in [5, 5.41) is 41.1. The van der Waals surface area contributed by atoms with Crippen molar-refractivity contribution in [2.75, 3.05) is 13.1 Å². The lowest BCUT2D eigenvalue weighted by Gasteiger charge is -2.41. The quantitative estimate of drug-likeness (QED) is 0.240. The molecule has 200 valence electrons. The van der Waals surface area contributed by atoms with E-state index in [4.69, 9.17) is 0 Å². The summed E-state index contributed by atoms with van der Waals surface area (Å²) < 4.78 is 0. The third-order valence-corrected chi connectivity index (χ3v) is 8.47. The molecule has 0 aliphatic carbocycles. The van der Waals surface area contributed by atoms with E-state index in [1.165, 1.54) is 6.42 Å². The third-order valence-electron chi connectivity index (χ3n) is 8.47. The normalized spacial score (nSPS) is 39.1. The lowest BCUT2D eigenvalue weighted by atomic mass is 9.83. The van der Waals surface area contributed by atoms with Gasteiger partial charge in [-0.3, -0.25) is 4.79 Å². The number of hydrogen-bond donors (Lipinski definition) is 6. The Kier molecular flexibility index (Phi) is 10.9. The molecule has 3 aliphatic heterocycles. The van der Waals surface area contributed by atoms with Crippen molar-refractivity contribution in [1.29, 1.82) is 0 Å². The molecule has 2 fully saturated rings. The van der Waals surface area contributed by atoms with Crippen LogP contribution in [0.2, 0.25) is 0 Å². The first-order valence-corrected chi connectivity index (χ1v) is 14.0. The van der Waals surface area contributed by atoms with Crippen molar-refractivity contribution in [1.82, 2.24) is 16.0 Å². The molecule has 3 rings (SSSR count). The van der Waals surface area contributed by atoms with Crippen LogP contribution in [0.5, 0.6) is 0 Å². The van der Waals surface area contributed by atoms with Crippen molar-refractivity contribution in [3.8, 4) is 11.8 Å². The van der Waals surface area contributed by atoms with Gasteiger partial charge in [0.25, 0.3) is 0 Å². The molecule has 3 heterocycles. The van der Waals surface area contributed by atoms with E-state index in [-0.39, 0.29) is 24.1 Å². The number of hydrogen-bond acceptors (Lipinski definition) is 6. The second-order valence-corrected chi connectivity index (χ2v) is 11.9. The van der Waals surface area contributed by atoms with Crippen LogP contribution in [0.15, 0.2) is 0 Å². The van der Waals surface area contributed by atoms with Crippen LogP contribution in [0.1, 0.15) is 104 Å². The zero-order valence-corrected chi connectivity index (χ0v) is 22.0. The smallest absolute Gasteiger partial charge is 0.306 e. The molecule has 7 unspecified atom stereocenters. The summed E-state index contributed by atoms with van der Waals surface area (Å²) in [5.41, 5.74) is -1.33. The van der Waals surface area contributed by atoms with Crippen LogP contribution in [0, 0.1) is 17.8 Å². The highest BCUT2D eigenvalue weighted by Gasteiger charge is 2.36. The number of aliphatic hydroxyl groups excluding tert-OH is 1. The molecule has 2 bridgehead atoms. The summed E-state index contributed by atoms with van der Waals surface area (Å²) in [6.07, 6.45) is 12.1. The molecule has 0 spiro atoms. The molecule has 35 heavy (non-hydrogen) atoms. The summed E-state index contributed by atoms with van der Waals surface area (Å²) in [6.45, 7) is 5.48. The number of carboxylic acid groups (broad SMARTS) is 1. The molecule has 2 saturated heterocycles. The first-order chi connectivity index (χ1) is 16.7. The number of aliphatic hydroxyl groups is 2. The lowest BCUT2D eigenvalue weighted by Crippen LogP contribution is -2.57. The standard InChI is InChI=1S/C28H49N3O4/c1-21-25(32)14-13-23(31-21)11-4-3-8-22-9-5-6-15-28(35,19-26(33)34)20-30-27(2)16-17-29-24(18-27)12-7-10-22/h21-25,29-32,35H,3-6,8-9,11-20H2,1-2H3,(H,33,34). The lowest BCUT2D eigenvalue weighted by molar-refractivity contribution is -0.143. The fourth-order valence-electron chi connectivity index (χ4n) is 6.13. The van der Waals surface area contributed by atoms with Crippen molar-refractivity contribution in [2.24, 2.45) is 5.92 Å². The highest BCUT2D eigenvalue weighted by Crippen LogP contribution is 2.27. The monoisotopic (exact) mass is 491 g/mol. The van der Waals surface area contributed by atoms with Crippen molar-refractivity contribution in [3.63, 3.8) is 0 Å². The van der Waals surface area contributed by atoms with Crippen LogP contribution in [0.3, 0.4) is 0 Å². The predicted octanol–water partition coefficient (Wildman–Crippen LogP) is 2.94. The Morgan fingerprint density at radius 3 is 2.69 bits per heavy atom. The second kappa shape index (κ2) is 13.4. The van der Waals surface area contributed by atoms with Gasteiger partial charge in [0.15, 0.2) is 0 Å². The minimum absolute atomic E-state index is 0.117. The maximum atomic E-state index is 11.5. The van der Waals surface area contributed by atoms with Crippen molar-refractivity contribution >= 4 is 5.97 Å². The minimum atomic E-state index is -1.21. The van der Waals surface area contributed by atoms with E-state index >= 15 is 0 Å². The summed E-state index contributed by atoms with van der Waals surface area (Å²) in [6, 6.07) is 1.01. The predicted molar refractivity (Wildman–Crippen MR) is 139 cm³/mol. The van der Waals surface area contributed by atoms with E-state index in [1.54, 1.807) is 0 Å².